The lowest BCUT2D eigenvalue weighted by Crippen LogP contribution is -2.46. The highest BCUT2D eigenvalue weighted by Gasteiger charge is 2.43. The standard InChI is InChI=1S/C24H27N3O4/c1-16-5-10-20(31-4)19(15-16)27-23(28)21(17-6-8-18(30-3)9-7-17)22(24(27)29)26-13-11-25(2)12-14-26/h5-10,15H,11-14H2,1-4H3. The number of imide groups is 1. The van der Waals surface area contributed by atoms with Gasteiger partial charge in [0.2, 0.25) is 0 Å². The number of rotatable bonds is 5. The third-order valence-electron chi connectivity index (χ3n) is 5.83. The van der Waals surface area contributed by atoms with Gasteiger partial charge in [0.25, 0.3) is 11.8 Å². The van der Waals surface area contributed by atoms with Crippen LogP contribution in [0.25, 0.3) is 5.57 Å². The van der Waals surface area contributed by atoms with E-state index in [9.17, 15) is 9.59 Å². The van der Waals surface area contributed by atoms with Crippen LogP contribution in [-0.4, -0.2) is 69.1 Å². The Morgan fingerprint density at radius 3 is 2.13 bits per heavy atom. The number of methoxy groups -OCH3 is 2. The maximum Gasteiger partial charge on any atom is 0.282 e. The summed E-state index contributed by atoms with van der Waals surface area (Å²) in [7, 11) is 5.19. The van der Waals surface area contributed by atoms with Crippen molar-refractivity contribution in [2.24, 2.45) is 0 Å². The molecule has 2 aliphatic rings. The number of anilines is 1. The average Bonchev–Trinajstić information content (AvgIpc) is 3.04. The molecule has 2 heterocycles. The Morgan fingerprint density at radius 2 is 1.52 bits per heavy atom. The highest BCUT2D eigenvalue weighted by molar-refractivity contribution is 6.45. The summed E-state index contributed by atoms with van der Waals surface area (Å²) in [4.78, 5) is 32.9. The van der Waals surface area contributed by atoms with Crippen LogP contribution in [0, 0.1) is 6.92 Å². The van der Waals surface area contributed by atoms with Crippen LogP contribution in [0.4, 0.5) is 5.69 Å². The van der Waals surface area contributed by atoms with Gasteiger partial charge in [0, 0.05) is 26.2 Å². The van der Waals surface area contributed by atoms with Crippen molar-refractivity contribution in [1.82, 2.24) is 9.80 Å². The number of hydrogen-bond acceptors (Lipinski definition) is 6. The molecule has 31 heavy (non-hydrogen) atoms. The number of nitrogens with zero attached hydrogens (tertiary/aromatic N) is 3. The maximum absolute atomic E-state index is 13.7. The molecule has 2 aromatic rings. The van der Waals surface area contributed by atoms with Gasteiger partial charge in [-0.25, -0.2) is 4.90 Å². The molecule has 0 N–H and O–H groups in total. The van der Waals surface area contributed by atoms with E-state index in [1.807, 2.05) is 36.1 Å². The fourth-order valence-electron chi connectivity index (χ4n) is 4.05. The number of aryl methyl sites for hydroxylation is 1. The molecule has 162 valence electrons. The van der Waals surface area contributed by atoms with Gasteiger partial charge < -0.3 is 19.3 Å². The monoisotopic (exact) mass is 421 g/mol. The van der Waals surface area contributed by atoms with Gasteiger partial charge in [-0.3, -0.25) is 9.59 Å². The molecular weight excluding hydrogens is 394 g/mol. The van der Waals surface area contributed by atoms with Crippen LogP contribution in [0.3, 0.4) is 0 Å². The van der Waals surface area contributed by atoms with Gasteiger partial charge in [0.1, 0.15) is 17.2 Å². The van der Waals surface area contributed by atoms with Gasteiger partial charge in [-0.1, -0.05) is 18.2 Å². The van der Waals surface area contributed by atoms with E-state index in [0.29, 0.717) is 47.1 Å². The van der Waals surface area contributed by atoms with Gasteiger partial charge in [0.05, 0.1) is 25.5 Å². The summed E-state index contributed by atoms with van der Waals surface area (Å²) in [6.07, 6.45) is 0. The van der Waals surface area contributed by atoms with E-state index in [2.05, 4.69) is 11.9 Å². The van der Waals surface area contributed by atoms with Crippen LogP contribution < -0.4 is 14.4 Å². The summed E-state index contributed by atoms with van der Waals surface area (Å²) >= 11 is 0. The predicted molar refractivity (Wildman–Crippen MR) is 119 cm³/mol. The van der Waals surface area contributed by atoms with Crippen molar-refractivity contribution in [2.75, 3.05) is 52.3 Å². The van der Waals surface area contributed by atoms with Crippen molar-refractivity contribution in [3.05, 3.63) is 59.3 Å². The minimum absolute atomic E-state index is 0.315. The largest absolute Gasteiger partial charge is 0.497 e. The fraction of sp³-hybridized carbons (Fsp3) is 0.333. The van der Waals surface area contributed by atoms with E-state index in [1.54, 1.807) is 32.4 Å². The number of benzene rings is 2. The van der Waals surface area contributed by atoms with E-state index < -0.39 is 0 Å². The third-order valence-corrected chi connectivity index (χ3v) is 5.83. The normalized spacial score (nSPS) is 17.5. The van der Waals surface area contributed by atoms with Crippen LogP contribution in [0.1, 0.15) is 11.1 Å². The Kier molecular flexibility index (Phi) is 5.69. The molecule has 0 aromatic heterocycles. The Hall–Kier alpha value is -3.32. The van der Waals surface area contributed by atoms with Crippen molar-refractivity contribution in [1.29, 1.82) is 0 Å². The summed E-state index contributed by atoms with van der Waals surface area (Å²) in [6.45, 7) is 4.95. The fourth-order valence-corrected chi connectivity index (χ4v) is 4.05. The second-order valence-electron chi connectivity index (χ2n) is 7.86. The molecular formula is C24H27N3O4. The molecule has 2 aromatic carbocycles. The summed E-state index contributed by atoms with van der Waals surface area (Å²) in [5, 5.41) is 0. The molecule has 0 bridgehead atoms. The quantitative estimate of drug-likeness (QED) is 0.692. The minimum Gasteiger partial charge on any atom is -0.497 e. The number of carbonyl (C=O) groups is 2. The zero-order chi connectivity index (χ0) is 22.1. The topological polar surface area (TPSA) is 62.3 Å². The van der Waals surface area contributed by atoms with Gasteiger partial charge in [-0.05, 0) is 49.4 Å². The van der Waals surface area contributed by atoms with E-state index in [4.69, 9.17) is 9.47 Å². The lowest BCUT2D eigenvalue weighted by atomic mass is 10.0. The number of piperazine rings is 1. The van der Waals surface area contributed by atoms with Crippen LogP contribution in [0.5, 0.6) is 11.5 Å². The van der Waals surface area contributed by atoms with Crippen molar-refractivity contribution in [2.45, 2.75) is 6.92 Å². The first-order chi connectivity index (χ1) is 14.9. The Labute approximate surface area is 182 Å². The first kappa shape index (κ1) is 20.9. The first-order valence-electron chi connectivity index (χ1n) is 10.3. The van der Waals surface area contributed by atoms with Gasteiger partial charge in [-0.15, -0.1) is 0 Å². The maximum atomic E-state index is 13.7. The molecule has 0 atom stereocenters. The van der Waals surface area contributed by atoms with Crippen LogP contribution in [0.15, 0.2) is 48.2 Å². The third kappa shape index (κ3) is 3.77. The minimum atomic E-state index is -0.340. The lowest BCUT2D eigenvalue weighted by Gasteiger charge is -2.34. The van der Waals surface area contributed by atoms with Crippen molar-refractivity contribution >= 4 is 23.1 Å². The number of hydrogen-bond donors (Lipinski definition) is 0. The number of amides is 2. The highest BCUT2D eigenvalue weighted by Crippen LogP contribution is 2.39. The van der Waals surface area contributed by atoms with Crippen LogP contribution in [-0.2, 0) is 9.59 Å². The van der Waals surface area contributed by atoms with Crippen molar-refractivity contribution < 1.29 is 19.1 Å². The summed E-state index contributed by atoms with van der Waals surface area (Å²) < 4.78 is 10.7. The molecule has 0 spiro atoms. The molecule has 7 heteroatoms. The second kappa shape index (κ2) is 8.43. The molecule has 4 rings (SSSR count). The molecule has 2 aliphatic heterocycles. The molecule has 0 unspecified atom stereocenters. The molecule has 0 aliphatic carbocycles. The summed E-state index contributed by atoms with van der Waals surface area (Å²) in [5.41, 5.74) is 2.97. The molecule has 7 nitrogen and oxygen atoms in total. The van der Waals surface area contributed by atoms with Crippen molar-refractivity contribution in [3.8, 4) is 11.5 Å². The summed E-state index contributed by atoms with van der Waals surface area (Å²) in [5.74, 6) is 0.526. The first-order valence-corrected chi connectivity index (χ1v) is 10.3. The summed E-state index contributed by atoms with van der Waals surface area (Å²) in [6, 6.07) is 12.7. The second-order valence-corrected chi connectivity index (χ2v) is 7.86. The Morgan fingerprint density at radius 1 is 0.839 bits per heavy atom. The molecule has 0 radical (unpaired) electrons. The molecule has 1 fully saturated rings. The SMILES string of the molecule is COc1ccc(C2=C(N3CCN(C)CC3)C(=O)N(c3cc(C)ccc3OC)C2=O)cc1. The van der Waals surface area contributed by atoms with E-state index in [-0.39, 0.29) is 11.8 Å². The van der Waals surface area contributed by atoms with E-state index in [1.165, 1.54) is 4.90 Å². The molecule has 2 amide bonds. The van der Waals surface area contributed by atoms with Crippen LogP contribution >= 0.6 is 0 Å². The number of carbonyl (C=O) groups excluding carboxylic acids is 2. The number of likely N-dealkylation sites (N-methyl/N-ethyl adjacent to an activating group) is 1. The van der Waals surface area contributed by atoms with Gasteiger partial charge in [0.15, 0.2) is 0 Å². The smallest absolute Gasteiger partial charge is 0.282 e. The zero-order valence-electron chi connectivity index (χ0n) is 18.3. The molecule has 0 saturated carbocycles. The van der Waals surface area contributed by atoms with Crippen molar-refractivity contribution in [3.63, 3.8) is 0 Å². The predicted octanol–water partition coefficient (Wildman–Crippen LogP) is 2.54. The van der Waals surface area contributed by atoms with Crippen LogP contribution in [0.2, 0.25) is 0 Å². The van der Waals surface area contributed by atoms with E-state index in [0.717, 1.165) is 18.7 Å². The highest BCUT2D eigenvalue weighted by atomic mass is 16.5. The van der Waals surface area contributed by atoms with Gasteiger partial charge >= 0.3 is 0 Å². The number of ether oxygens (including phenoxy) is 2. The average molecular weight is 421 g/mol. The Bertz CT molecular complexity index is 1040. The zero-order valence-corrected chi connectivity index (χ0v) is 18.3. The van der Waals surface area contributed by atoms with E-state index >= 15 is 0 Å². The van der Waals surface area contributed by atoms with Gasteiger partial charge in [-0.2, -0.15) is 0 Å². The molecule has 1 saturated heterocycles. The lowest BCUT2D eigenvalue weighted by molar-refractivity contribution is -0.120. The Balaban J connectivity index is 1.83.